The minimum atomic E-state index is -4.73. The van der Waals surface area contributed by atoms with Crippen molar-refractivity contribution in [1.82, 2.24) is 10.3 Å². The molecule has 146 valence electrons. The molecule has 0 saturated heterocycles. The van der Waals surface area contributed by atoms with Gasteiger partial charge >= 0.3 is 6.18 Å². The fourth-order valence-corrected chi connectivity index (χ4v) is 2.20. The van der Waals surface area contributed by atoms with Crippen LogP contribution in [0.1, 0.15) is 15.9 Å². The number of hydrogen-bond donors (Lipinski definition) is 3. The first kappa shape index (κ1) is 20.6. The number of hydrogen-bond acceptors (Lipinski definition) is 6. The van der Waals surface area contributed by atoms with Crippen LogP contribution in [0, 0.1) is 0 Å². The van der Waals surface area contributed by atoms with Gasteiger partial charge in [0.1, 0.15) is 11.5 Å². The first-order valence-electron chi connectivity index (χ1n) is 7.79. The minimum Gasteiger partial charge on any atom is -0.404 e. The van der Waals surface area contributed by atoms with E-state index in [4.69, 9.17) is 11.5 Å². The van der Waals surface area contributed by atoms with Crippen LogP contribution in [0.3, 0.4) is 0 Å². The Labute approximate surface area is 157 Å². The molecule has 5 N–H and O–H groups in total. The van der Waals surface area contributed by atoms with Crippen molar-refractivity contribution < 1.29 is 22.8 Å². The Morgan fingerprint density at radius 3 is 2.54 bits per heavy atom. The molecule has 10 heteroatoms. The number of carbonyl (C=O) groups is 2. The third-order valence-corrected chi connectivity index (χ3v) is 3.69. The summed E-state index contributed by atoms with van der Waals surface area (Å²) in [7, 11) is 1.22. The smallest absolute Gasteiger partial charge is 0.404 e. The number of alkyl halides is 3. The van der Waals surface area contributed by atoms with Crippen molar-refractivity contribution in [3.05, 3.63) is 59.6 Å². The molecule has 0 aliphatic heterocycles. The van der Waals surface area contributed by atoms with Crippen molar-refractivity contribution in [3.8, 4) is 0 Å². The molecular formula is C18H16F3N5O2. The summed E-state index contributed by atoms with van der Waals surface area (Å²) < 4.78 is 37.6. The largest absolute Gasteiger partial charge is 0.430 e. The van der Waals surface area contributed by atoms with Crippen molar-refractivity contribution in [1.29, 1.82) is 0 Å². The average molecular weight is 391 g/mol. The number of aromatic nitrogens is 1. The van der Waals surface area contributed by atoms with Crippen LogP contribution < -0.4 is 16.8 Å². The maximum absolute atomic E-state index is 12.5. The summed E-state index contributed by atoms with van der Waals surface area (Å²) in [6.45, 7) is 0. The normalized spacial score (nSPS) is 13.5. The Bertz CT molecular complexity index is 1010. The standard InChI is InChI=1S/C18H16F3N5O2/c1-24-16(6-15(23)18(19,20)21)26-17(28)11-3-2-10-4-12(13(7-22)9-27)8-25-14(10)5-11/h2-9H,22-23H2,1H3,(H,24,26,28). The van der Waals surface area contributed by atoms with E-state index in [0.29, 0.717) is 28.8 Å². The van der Waals surface area contributed by atoms with Crippen LogP contribution in [0.4, 0.5) is 13.2 Å². The van der Waals surface area contributed by atoms with Gasteiger partial charge in [0.25, 0.3) is 5.91 Å². The van der Waals surface area contributed by atoms with Gasteiger partial charge in [-0.3, -0.25) is 19.6 Å². The molecule has 0 radical (unpaired) electrons. The van der Waals surface area contributed by atoms with Gasteiger partial charge in [0.15, 0.2) is 6.29 Å². The van der Waals surface area contributed by atoms with Crippen molar-refractivity contribution in [2.24, 2.45) is 16.5 Å². The number of nitrogens with one attached hydrogen (secondary N) is 1. The first-order valence-corrected chi connectivity index (χ1v) is 7.79. The lowest BCUT2D eigenvalue weighted by Crippen LogP contribution is -2.31. The summed E-state index contributed by atoms with van der Waals surface area (Å²) in [6, 6.07) is 6.16. The quantitative estimate of drug-likeness (QED) is 0.318. The molecule has 0 unspecified atom stereocenters. The monoisotopic (exact) mass is 391 g/mol. The van der Waals surface area contributed by atoms with Gasteiger partial charge in [0, 0.05) is 47.6 Å². The minimum absolute atomic E-state index is 0.151. The number of benzene rings is 1. The summed E-state index contributed by atoms with van der Waals surface area (Å²) in [6.07, 6.45) is -1.03. The molecule has 28 heavy (non-hydrogen) atoms. The zero-order chi connectivity index (χ0) is 20.9. The highest BCUT2D eigenvalue weighted by Gasteiger charge is 2.31. The van der Waals surface area contributed by atoms with E-state index in [2.05, 4.69) is 15.3 Å². The Kier molecular flexibility index (Phi) is 6.14. The SMILES string of the molecule is CN=C(C=C(N)C(F)(F)F)NC(=O)c1ccc2cc(C(C=O)=CN)cnc2c1. The third-order valence-electron chi connectivity index (χ3n) is 3.69. The summed E-state index contributed by atoms with van der Waals surface area (Å²) in [5.74, 6) is -1.03. The van der Waals surface area contributed by atoms with Crippen LogP contribution in [0.15, 0.2) is 53.4 Å². The lowest BCUT2D eigenvalue weighted by atomic mass is 10.1. The number of aldehydes is 1. The van der Waals surface area contributed by atoms with E-state index in [9.17, 15) is 22.8 Å². The molecule has 1 aromatic carbocycles. The lowest BCUT2D eigenvalue weighted by Gasteiger charge is -2.09. The highest BCUT2D eigenvalue weighted by atomic mass is 19.4. The van der Waals surface area contributed by atoms with Gasteiger partial charge in [0.2, 0.25) is 0 Å². The second-order valence-corrected chi connectivity index (χ2v) is 5.53. The van der Waals surface area contributed by atoms with Crippen LogP contribution in [0.5, 0.6) is 0 Å². The van der Waals surface area contributed by atoms with Gasteiger partial charge in [-0.05, 0) is 18.2 Å². The molecule has 0 bridgehead atoms. The molecule has 0 aliphatic rings. The fourth-order valence-electron chi connectivity index (χ4n) is 2.20. The molecule has 0 fully saturated rings. The van der Waals surface area contributed by atoms with E-state index >= 15 is 0 Å². The molecule has 0 spiro atoms. The van der Waals surface area contributed by atoms with E-state index in [1.165, 1.54) is 25.4 Å². The molecule has 0 saturated carbocycles. The summed E-state index contributed by atoms with van der Waals surface area (Å²) >= 11 is 0. The molecular weight excluding hydrogens is 375 g/mol. The van der Waals surface area contributed by atoms with Crippen LogP contribution in [0.2, 0.25) is 0 Å². The van der Waals surface area contributed by atoms with Crippen LogP contribution in [-0.2, 0) is 4.79 Å². The van der Waals surface area contributed by atoms with Crippen LogP contribution in [-0.4, -0.2) is 36.2 Å². The van der Waals surface area contributed by atoms with Gasteiger partial charge < -0.3 is 16.8 Å². The van der Waals surface area contributed by atoms with Gasteiger partial charge in [-0.1, -0.05) is 6.07 Å². The van der Waals surface area contributed by atoms with E-state index in [-0.39, 0.29) is 17.0 Å². The molecule has 0 atom stereocenters. The summed E-state index contributed by atoms with van der Waals surface area (Å²) in [4.78, 5) is 31.0. The number of carbonyl (C=O) groups excluding carboxylic acids is 2. The van der Waals surface area contributed by atoms with Crippen molar-refractivity contribution in [2.45, 2.75) is 6.18 Å². The van der Waals surface area contributed by atoms with Crippen molar-refractivity contribution in [2.75, 3.05) is 7.05 Å². The number of nitrogens with zero attached hydrogens (tertiary/aromatic N) is 2. The first-order chi connectivity index (χ1) is 13.2. The number of amides is 1. The van der Waals surface area contributed by atoms with E-state index < -0.39 is 17.8 Å². The fraction of sp³-hybridized carbons (Fsp3) is 0.111. The third kappa shape index (κ3) is 4.72. The molecule has 1 aromatic heterocycles. The zero-order valence-electron chi connectivity index (χ0n) is 14.6. The molecule has 1 amide bonds. The van der Waals surface area contributed by atoms with E-state index in [0.717, 1.165) is 6.20 Å². The number of rotatable bonds is 4. The lowest BCUT2D eigenvalue weighted by molar-refractivity contribution is -0.103. The summed E-state index contributed by atoms with van der Waals surface area (Å²) in [5.41, 5.74) is 10.3. The van der Waals surface area contributed by atoms with Gasteiger partial charge in [-0.2, -0.15) is 13.2 Å². The Morgan fingerprint density at radius 1 is 1.25 bits per heavy atom. The van der Waals surface area contributed by atoms with Gasteiger partial charge in [0.05, 0.1) is 5.52 Å². The van der Waals surface area contributed by atoms with E-state index in [1.54, 1.807) is 12.1 Å². The number of allylic oxidation sites excluding steroid dienone is 2. The highest BCUT2D eigenvalue weighted by Crippen LogP contribution is 2.21. The Balaban J connectivity index is 2.29. The maximum Gasteiger partial charge on any atom is 0.430 e. The second kappa shape index (κ2) is 8.33. The molecule has 7 nitrogen and oxygen atoms in total. The number of aliphatic imine (C=N–C) groups is 1. The number of amidine groups is 1. The highest BCUT2D eigenvalue weighted by molar-refractivity contribution is 6.11. The van der Waals surface area contributed by atoms with Crippen molar-refractivity contribution >= 4 is 34.5 Å². The maximum atomic E-state index is 12.5. The number of halogens is 3. The predicted molar refractivity (Wildman–Crippen MR) is 99.1 cm³/mol. The Hall–Kier alpha value is -3.69. The van der Waals surface area contributed by atoms with Crippen LogP contribution in [0.25, 0.3) is 16.5 Å². The average Bonchev–Trinajstić information content (AvgIpc) is 2.66. The topological polar surface area (TPSA) is 123 Å². The molecule has 1 heterocycles. The Morgan fingerprint density at radius 2 is 1.96 bits per heavy atom. The van der Waals surface area contributed by atoms with Gasteiger partial charge in [-0.25, -0.2) is 0 Å². The van der Waals surface area contributed by atoms with Gasteiger partial charge in [-0.15, -0.1) is 0 Å². The molecule has 2 aromatic rings. The summed E-state index contributed by atoms with van der Waals surface area (Å²) in [5, 5.41) is 2.89. The van der Waals surface area contributed by atoms with Crippen molar-refractivity contribution in [3.63, 3.8) is 0 Å². The number of nitrogens with two attached hydrogens (primary N) is 2. The molecule has 2 rings (SSSR count). The molecule has 0 aliphatic carbocycles. The number of fused-ring (bicyclic) bond motifs is 1. The second-order valence-electron chi connectivity index (χ2n) is 5.53. The number of pyridine rings is 1. The predicted octanol–water partition coefficient (Wildman–Crippen LogP) is 1.90. The zero-order valence-corrected chi connectivity index (χ0v) is 14.6. The van der Waals surface area contributed by atoms with E-state index in [1.807, 2.05) is 0 Å². The van der Waals surface area contributed by atoms with Crippen LogP contribution >= 0.6 is 0 Å².